The molecule has 1 aromatic carbocycles. The van der Waals surface area contributed by atoms with Crippen LogP contribution in [-0.2, 0) is 6.42 Å². The molecule has 0 aliphatic carbocycles. The molecule has 0 spiro atoms. The van der Waals surface area contributed by atoms with Crippen molar-refractivity contribution in [2.45, 2.75) is 20.3 Å². The van der Waals surface area contributed by atoms with E-state index in [1.165, 1.54) is 11.1 Å². The van der Waals surface area contributed by atoms with E-state index in [0.29, 0.717) is 0 Å². The number of benzene rings is 1. The molecule has 3 nitrogen and oxygen atoms in total. The van der Waals surface area contributed by atoms with Gasteiger partial charge in [0.05, 0.1) is 4.47 Å². The molecule has 1 heterocycles. The second-order valence-electron chi connectivity index (χ2n) is 4.22. The Morgan fingerprint density at radius 2 is 2.00 bits per heavy atom. The number of anilines is 1. The van der Waals surface area contributed by atoms with Gasteiger partial charge in [0.15, 0.2) is 0 Å². The summed E-state index contributed by atoms with van der Waals surface area (Å²) in [7, 11) is 0. The second kappa shape index (κ2) is 5.96. The summed E-state index contributed by atoms with van der Waals surface area (Å²) in [6, 6.07) is 8.45. The molecular formula is C14H16BrN3. The summed E-state index contributed by atoms with van der Waals surface area (Å²) in [5, 5.41) is 3.33. The van der Waals surface area contributed by atoms with Crippen molar-refractivity contribution in [2.24, 2.45) is 0 Å². The number of aromatic nitrogens is 2. The smallest absolute Gasteiger partial charge is 0.144 e. The van der Waals surface area contributed by atoms with Crippen LogP contribution < -0.4 is 5.32 Å². The first-order valence-electron chi connectivity index (χ1n) is 5.94. The Labute approximate surface area is 116 Å². The first-order chi connectivity index (χ1) is 8.66. The van der Waals surface area contributed by atoms with E-state index in [1.54, 1.807) is 6.20 Å². The van der Waals surface area contributed by atoms with Gasteiger partial charge in [-0.3, -0.25) is 0 Å². The molecule has 0 amide bonds. The Hall–Kier alpha value is -1.42. The molecule has 4 heteroatoms. The van der Waals surface area contributed by atoms with Crippen molar-refractivity contribution in [2.75, 3.05) is 11.9 Å². The molecule has 0 saturated carbocycles. The van der Waals surface area contributed by atoms with Crippen LogP contribution in [0.1, 0.15) is 17.0 Å². The minimum Gasteiger partial charge on any atom is -0.369 e. The maximum Gasteiger partial charge on any atom is 0.144 e. The molecule has 0 aliphatic rings. The third-order valence-corrected chi connectivity index (χ3v) is 3.39. The third-order valence-electron chi connectivity index (χ3n) is 2.81. The zero-order valence-electron chi connectivity index (χ0n) is 10.6. The molecular weight excluding hydrogens is 290 g/mol. The van der Waals surface area contributed by atoms with Crippen LogP contribution >= 0.6 is 15.9 Å². The van der Waals surface area contributed by atoms with E-state index in [4.69, 9.17) is 0 Å². The highest BCUT2D eigenvalue weighted by Gasteiger charge is 2.02. The van der Waals surface area contributed by atoms with Crippen molar-refractivity contribution >= 4 is 21.7 Å². The summed E-state index contributed by atoms with van der Waals surface area (Å²) < 4.78 is 0.901. The van der Waals surface area contributed by atoms with Gasteiger partial charge in [-0.05, 0) is 47.3 Å². The Bertz CT molecular complexity index is 540. The van der Waals surface area contributed by atoms with E-state index in [0.717, 1.165) is 29.1 Å². The molecule has 0 atom stereocenters. The number of rotatable bonds is 4. The lowest BCUT2D eigenvalue weighted by atomic mass is 10.1. The van der Waals surface area contributed by atoms with Crippen molar-refractivity contribution < 1.29 is 0 Å². The number of aryl methyl sites for hydroxylation is 2. The van der Waals surface area contributed by atoms with Gasteiger partial charge in [0.25, 0.3) is 0 Å². The molecule has 0 fully saturated rings. The Kier molecular flexibility index (Phi) is 4.31. The van der Waals surface area contributed by atoms with Gasteiger partial charge >= 0.3 is 0 Å². The predicted molar refractivity (Wildman–Crippen MR) is 77.8 cm³/mol. The highest BCUT2D eigenvalue weighted by atomic mass is 79.9. The van der Waals surface area contributed by atoms with Crippen LogP contribution in [0.5, 0.6) is 0 Å². The average Bonchev–Trinajstić information content (AvgIpc) is 2.36. The fourth-order valence-electron chi connectivity index (χ4n) is 1.79. The van der Waals surface area contributed by atoms with Gasteiger partial charge in [0.1, 0.15) is 11.6 Å². The molecule has 0 aliphatic heterocycles. The fourth-order valence-corrected chi connectivity index (χ4v) is 2.12. The van der Waals surface area contributed by atoms with E-state index in [2.05, 4.69) is 62.4 Å². The van der Waals surface area contributed by atoms with Gasteiger partial charge in [-0.2, -0.15) is 0 Å². The second-order valence-corrected chi connectivity index (χ2v) is 5.07. The first kappa shape index (κ1) is 13.0. The molecule has 2 rings (SSSR count). The normalized spacial score (nSPS) is 10.4. The first-order valence-corrected chi connectivity index (χ1v) is 6.73. The van der Waals surface area contributed by atoms with E-state index in [-0.39, 0.29) is 0 Å². The summed E-state index contributed by atoms with van der Waals surface area (Å²) in [4.78, 5) is 8.48. The summed E-state index contributed by atoms with van der Waals surface area (Å²) >= 11 is 3.44. The highest BCUT2D eigenvalue weighted by molar-refractivity contribution is 9.10. The largest absolute Gasteiger partial charge is 0.369 e. The van der Waals surface area contributed by atoms with Crippen molar-refractivity contribution in [1.29, 1.82) is 0 Å². The molecule has 2 aromatic rings. The van der Waals surface area contributed by atoms with E-state index in [9.17, 15) is 0 Å². The van der Waals surface area contributed by atoms with Gasteiger partial charge in [0.2, 0.25) is 0 Å². The summed E-state index contributed by atoms with van der Waals surface area (Å²) in [5.41, 5.74) is 2.70. The third kappa shape index (κ3) is 3.29. The topological polar surface area (TPSA) is 37.8 Å². The quantitative estimate of drug-likeness (QED) is 0.939. The van der Waals surface area contributed by atoms with Crippen LogP contribution in [0.15, 0.2) is 34.9 Å². The molecule has 18 heavy (non-hydrogen) atoms. The zero-order chi connectivity index (χ0) is 13.0. The molecule has 0 bridgehead atoms. The van der Waals surface area contributed by atoms with Crippen LogP contribution in [0.25, 0.3) is 0 Å². The maximum absolute atomic E-state index is 4.36. The highest BCUT2D eigenvalue weighted by Crippen LogP contribution is 2.18. The maximum atomic E-state index is 4.36. The van der Waals surface area contributed by atoms with Gasteiger partial charge in [-0.15, -0.1) is 0 Å². The SMILES string of the molecule is Cc1ncc(Br)c(NCCc2ccccc2C)n1. The van der Waals surface area contributed by atoms with Gasteiger partial charge in [-0.25, -0.2) is 9.97 Å². The van der Waals surface area contributed by atoms with Gasteiger partial charge < -0.3 is 5.32 Å². The standard InChI is InChI=1S/C14H16BrN3/c1-10-5-3-4-6-12(10)7-8-16-14-13(15)9-17-11(2)18-14/h3-6,9H,7-8H2,1-2H3,(H,16,17,18). The van der Waals surface area contributed by atoms with Crippen molar-refractivity contribution in [3.63, 3.8) is 0 Å². The molecule has 0 saturated heterocycles. The van der Waals surface area contributed by atoms with Gasteiger partial charge in [-0.1, -0.05) is 24.3 Å². The number of nitrogens with one attached hydrogen (secondary N) is 1. The van der Waals surface area contributed by atoms with Crippen LogP contribution in [-0.4, -0.2) is 16.5 Å². The minimum atomic E-state index is 0.775. The Morgan fingerprint density at radius 3 is 2.78 bits per heavy atom. The molecule has 1 aromatic heterocycles. The lowest BCUT2D eigenvalue weighted by Crippen LogP contribution is -2.08. The van der Waals surface area contributed by atoms with Gasteiger partial charge in [0, 0.05) is 12.7 Å². The number of hydrogen-bond acceptors (Lipinski definition) is 3. The molecule has 94 valence electrons. The lowest BCUT2D eigenvalue weighted by Gasteiger charge is -2.09. The van der Waals surface area contributed by atoms with Crippen molar-refractivity contribution in [1.82, 2.24) is 9.97 Å². The van der Waals surface area contributed by atoms with Crippen LogP contribution in [0.2, 0.25) is 0 Å². The average molecular weight is 306 g/mol. The lowest BCUT2D eigenvalue weighted by molar-refractivity contribution is 0.968. The summed E-state index contributed by atoms with van der Waals surface area (Å²) in [5.74, 6) is 1.63. The Balaban J connectivity index is 1.96. The molecule has 1 N–H and O–H groups in total. The van der Waals surface area contributed by atoms with E-state index >= 15 is 0 Å². The van der Waals surface area contributed by atoms with Crippen molar-refractivity contribution in [3.8, 4) is 0 Å². The van der Waals surface area contributed by atoms with E-state index in [1.807, 2.05) is 6.92 Å². The number of halogens is 1. The minimum absolute atomic E-state index is 0.775. The van der Waals surface area contributed by atoms with Crippen LogP contribution in [0.3, 0.4) is 0 Å². The monoisotopic (exact) mass is 305 g/mol. The predicted octanol–water partition coefficient (Wildman–Crippen LogP) is 3.51. The fraction of sp³-hybridized carbons (Fsp3) is 0.286. The van der Waals surface area contributed by atoms with Crippen LogP contribution in [0, 0.1) is 13.8 Å². The summed E-state index contributed by atoms with van der Waals surface area (Å²) in [6.45, 7) is 4.89. The van der Waals surface area contributed by atoms with Crippen LogP contribution in [0.4, 0.5) is 5.82 Å². The van der Waals surface area contributed by atoms with E-state index < -0.39 is 0 Å². The number of hydrogen-bond donors (Lipinski definition) is 1. The molecule has 0 radical (unpaired) electrons. The molecule has 0 unspecified atom stereocenters. The summed E-state index contributed by atoms with van der Waals surface area (Å²) in [6.07, 6.45) is 2.76. The van der Waals surface area contributed by atoms with Crippen molar-refractivity contribution in [3.05, 3.63) is 51.9 Å². The number of nitrogens with zero attached hydrogens (tertiary/aromatic N) is 2. The zero-order valence-corrected chi connectivity index (χ0v) is 12.2. The Morgan fingerprint density at radius 1 is 1.22 bits per heavy atom.